The number of benzene rings is 4. The Labute approximate surface area is 247 Å². The van der Waals surface area contributed by atoms with E-state index in [0.717, 1.165) is 17.2 Å². The van der Waals surface area contributed by atoms with E-state index in [2.05, 4.69) is 10.6 Å². The molecule has 0 heterocycles. The normalized spacial score (nSPS) is 11.9. The number of halogens is 2. The third-order valence-corrected chi connectivity index (χ3v) is 9.03. The summed E-state index contributed by atoms with van der Waals surface area (Å²) in [6.07, 6.45) is 0. The number of phenols is 1. The van der Waals surface area contributed by atoms with Crippen LogP contribution in [0.4, 0.5) is 11.4 Å². The SMILES string of the molecule is Cc1ccc(Oc2cc(NC(=O)c3ccc(Cl)c(Cl)c3)c(O)cc2NC(=O)C(C)S(=O)(=O)c2ccc(C)cc2)cc1. The average molecular weight is 614 g/mol. The Balaban J connectivity index is 1.66. The molecule has 0 saturated carbocycles. The molecule has 41 heavy (non-hydrogen) atoms. The number of anilines is 2. The van der Waals surface area contributed by atoms with Crippen molar-refractivity contribution in [2.24, 2.45) is 0 Å². The molecule has 3 N–H and O–H groups in total. The number of ether oxygens (including phenoxy) is 1. The average Bonchev–Trinajstić information content (AvgIpc) is 2.93. The lowest BCUT2D eigenvalue weighted by Crippen LogP contribution is -2.32. The summed E-state index contributed by atoms with van der Waals surface area (Å²) in [5.74, 6) is -1.39. The van der Waals surface area contributed by atoms with Crippen LogP contribution in [0, 0.1) is 13.8 Å². The van der Waals surface area contributed by atoms with Gasteiger partial charge in [-0.2, -0.15) is 0 Å². The van der Waals surface area contributed by atoms with Crippen LogP contribution in [0.3, 0.4) is 0 Å². The van der Waals surface area contributed by atoms with Gasteiger partial charge in [-0.15, -0.1) is 0 Å². The Morgan fingerprint density at radius 3 is 2.02 bits per heavy atom. The molecular weight excluding hydrogens is 587 g/mol. The Morgan fingerprint density at radius 1 is 0.805 bits per heavy atom. The predicted octanol–water partition coefficient (Wildman–Crippen LogP) is 7.16. The van der Waals surface area contributed by atoms with Crippen LogP contribution in [0.2, 0.25) is 10.0 Å². The second-order valence-electron chi connectivity index (χ2n) is 9.35. The van der Waals surface area contributed by atoms with Crippen LogP contribution in [-0.2, 0) is 14.6 Å². The molecule has 1 unspecified atom stereocenters. The summed E-state index contributed by atoms with van der Waals surface area (Å²) in [7, 11) is -4.02. The summed E-state index contributed by atoms with van der Waals surface area (Å²) >= 11 is 12.0. The van der Waals surface area contributed by atoms with Gasteiger partial charge in [0.2, 0.25) is 5.91 Å². The number of phenolic OH excluding ortho intramolecular Hbond substituents is 1. The van der Waals surface area contributed by atoms with Crippen molar-refractivity contribution in [3.8, 4) is 17.2 Å². The highest BCUT2D eigenvalue weighted by Crippen LogP contribution is 2.39. The fourth-order valence-corrected chi connectivity index (χ4v) is 5.29. The van der Waals surface area contributed by atoms with E-state index in [9.17, 15) is 23.1 Å². The van der Waals surface area contributed by atoms with E-state index in [1.165, 1.54) is 43.3 Å². The monoisotopic (exact) mass is 612 g/mol. The maximum absolute atomic E-state index is 13.1. The first kappa shape index (κ1) is 29.9. The van der Waals surface area contributed by atoms with Gasteiger partial charge in [0.1, 0.15) is 16.7 Å². The number of rotatable bonds is 8. The van der Waals surface area contributed by atoms with Gasteiger partial charge in [-0.25, -0.2) is 8.42 Å². The molecule has 0 aromatic heterocycles. The van der Waals surface area contributed by atoms with E-state index in [1.54, 1.807) is 24.3 Å². The Kier molecular flexibility index (Phi) is 8.92. The maximum atomic E-state index is 13.1. The van der Waals surface area contributed by atoms with E-state index in [1.807, 2.05) is 26.0 Å². The number of amides is 2. The standard InChI is InChI=1S/C30H26Cl2N2O6S/c1-17-4-9-21(10-5-17)40-28-16-25(33-30(37)20-8-13-23(31)24(32)14-20)27(35)15-26(28)34-29(36)19(3)41(38,39)22-11-6-18(2)7-12-22/h4-16,19,35H,1-3H3,(H,33,37)(H,34,36). The van der Waals surface area contributed by atoms with Crippen molar-refractivity contribution in [1.82, 2.24) is 0 Å². The number of carbonyl (C=O) groups excluding carboxylic acids is 2. The zero-order valence-electron chi connectivity index (χ0n) is 22.2. The van der Waals surface area contributed by atoms with Crippen molar-refractivity contribution < 1.29 is 27.9 Å². The number of sulfone groups is 1. The zero-order valence-corrected chi connectivity index (χ0v) is 24.6. The third-order valence-electron chi connectivity index (χ3n) is 6.22. The minimum absolute atomic E-state index is 0.00471. The lowest BCUT2D eigenvalue weighted by atomic mass is 10.2. The van der Waals surface area contributed by atoms with Gasteiger partial charge in [0.25, 0.3) is 5.91 Å². The predicted molar refractivity (Wildman–Crippen MR) is 160 cm³/mol. The van der Waals surface area contributed by atoms with Gasteiger partial charge in [-0.05, 0) is 63.2 Å². The van der Waals surface area contributed by atoms with Gasteiger partial charge < -0.3 is 20.5 Å². The second-order valence-corrected chi connectivity index (χ2v) is 12.4. The first-order chi connectivity index (χ1) is 19.3. The van der Waals surface area contributed by atoms with Gasteiger partial charge >= 0.3 is 0 Å². The molecule has 212 valence electrons. The Morgan fingerprint density at radius 2 is 1.41 bits per heavy atom. The largest absolute Gasteiger partial charge is 0.506 e. The van der Waals surface area contributed by atoms with Crippen LogP contribution in [-0.4, -0.2) is 30.6 Å². The van der Waals surface area contributed by atoms with E-state index >= 15 is 0 Å². The van der Waals surface area contributed by atoms with Crippen LogP contribution in [0.25, 0.3) is 0 Å². The molecule has 0 spiro atoms. The van der Waals surface area contributed by atoms with Crippen molar-refractivity contribution in [2.75, 3.05) is 10.6 Å². The fourth-order valence-electron chi connectivity index (χ4n) is 3.72. The molecule has 8 nitrogen and oxygen atoms in total. The molecule has 0 fully saturated rings. The number of carbonyl (C=O) groups is 2. The lowest BCUT2D eigenvalue weighted by Gasteiger charge is -2.18. The molecule has 0 aliphatic heterocycles. The molecule has 4 rings (SSSR count). The number of aryl methyl sites for hydroxylation is 2. The molecular formula is C30H26Cl2N2O6S. The molecule has 4 aromatic carbocycles. The minimum Gasteiger partial charge on any atom is -0.506 e. The quantitative estimate of drug-likeness (QED) is 0.181. The summed E-state index contributed by atoms with van der Waals surface area (Å²) in [5, 5.41) is 14.9. The van der Waals surface area contributed by atoms with Gasteiger partial charge in [0.15, 0.2) is 15.6 Å². The molecule has 4 aromatic rings. The summed E-state index contributed by atoms with van der Waals surface area (Å²) in [5.41, 5.74) is 2.02. The highest BCUT2D eigenvalue weighted by Gasteiger charge is 2.30. The van der Waals surface area contributed by atoms with E-state index < -0.39 is 32.7 Å². The summed E-state index contributed by atoms with van der Waals surface area (Å²) in [6, 6.07) is 20.0. The highest BCUT2D eigenvalue weighted by atomic mass is 35.5. The van der Waals surface area contributed by atoms with Crippen LogP contribution in [0.15, 0.2) is 83.8 Å². The van der Waals surface area contributed by atoms with Crippen LogP contribution in [0.5, 0.6) is 17.2 Å². The number of hydrogen-bond acceptors (Lipinski definition) is 6. The van der Waals surface area contributed by atoms with Crippen molar-refractivity contribution in [3.05, 3.63) is 106 Å². The second kappa shape index (κ2) is 12.2. The molecule has 0 bridgehead atoms. The van der Waals surface area contributed by atoms with E-state index in [0.29, 0.717) is 5.75 Å². The zero-order chi connectivity index (χ0) is 29.9. The molecule has 2 amide bonds. The Hall–Kier alpha value is -4.05. The maximum Gasteiger partial charge on any atom is 0.255 e. The van der Waals surface area contributed by atoms with Crippen LogP contribution < -0.4 is 15.4 Å². The van der Waals surface area contributed by atoms with Gasteiger partial charge in [-0.1, -0.05) is 58.6 Å². The number of nitrogens with one attached hydrogen (secondary N) is 2. The summed E-state index contributed by atoms with van der Waals surface area (Å²) in [4.78, 5) is 26.0. The third kappa shape index (κ3) is 7.00. The van der Waals surface area contributed by atoms with E-state index in [-0.39, 0.29) is 37.6 Å². The topological polar surface area (TPSA) is 122 Å². The fraction of sp³-hybridized carbons (Fsp3) is 0.133. The van der Waals surface area contributed by atoms with Crippen LogP contribution >= 0.6 is 23.2 Å². The molecule has 0 aliphatic carbocycles. The van der Waals surface area contributed by atoms with Crippen molar-refractivity contribution in [2.45, 2.75) is 30.9 Å². The highest BCUT2D eigenvalue weighted by molar-refractivity contribution is 7.92. The van der Waals surface area contributed by atoms with Crippen molar-refractivity contribution >= 4 is 56.2 Å². The molecule has 0 radical (unpaired) electrons. The first-order valence-corrected chi connectivity index (χ1v) is 14.6. The summed E-state index contributed by atoms with van der Waals surface area (Å²) < 4.78 is 32.2. The van der Waals surface area contributed by atoms with Crippen LogP contribution in [0.1, 0.15) is 28.4 Å². The lowest BCUT2D eigenvalue weighted by molar-refractivity contribution is -0.115. The smallest absolute Gasteiger partial charge is 0.255 e. The molecule has 1 atom stereocenters. The Bertz CT molecular complexity index is 1720. The molecule has 0 saturated heterocycles. The molecule has 11 heteroatoms. The molecule has 0 aliphatic rings. The van der Waals surface area contributed by atoms with Crippen molar-refractivity contribution in [3.63, 3.8) is 0 Å². The summed E-state index contributed by atoms with van der Waals surface area (Å²) in [6.45, 7) is 5.00. The minimum atomic E-state index is -4.02. The number of hydrogen-bond donors (Lipinski definition) is 3. The van der Waals surface area contributed by atoms with Gasteiger partial charge in [-0.3, -0.25) is 9.59 Å². The van der Waals surface area contributed by atoms with Crippen molar-refractivity contribution in [1.29, 1.82) is 0 Å². The van der Waals surface area contributed by atoms with Gasteiger partial charge in [0, 0.05) is 17.7 Å². The first-order valence-electron chi connectivity index (χ1n) is 12.3. The van der Waals surface area contributed by atoms with Gasteiger partial charge in [0.05, 0.1) is 26.3 Å². The number of aromatic hydroxyl groups is 1. The van der Waals surface area contributed by atoms with E-state index in [4.69, 9.17) is 27.9 Å².